The van der Waals surface area contributed by atoms with Crippen LogP contribution in [0.2, 0.25) is 0 Å². The van der Waals surface area contributed by atoms with E-state index < -0.39 is 0 Å². The van der Waals surface area contributed by atoms with Crippen LogP contribution in [-0.4, -0.2) is 17.9 Å². The van der Waals surface area contributed by atoms with Crippen molar-refractivity contribution in [3.8, 4) is 0 Å². The summed E-state index contributed by atoms with van der Waals surface area (Å²) in [5, 5.41) is 3.05. The van der Waals surface area contributed by atoms with Crippen LogP contribution in [0.15, 0.2) is 42.5 Å². The van der Waals surface area contributed by atoms with Gasteiger partial charge in [0.25, 0.3) is 0 Å². The minimum Gasteiger partial charge on any atom is -0.325 e. The number of hydrogen-bond donors (Lipinski definition) is 1. The summed E-state index contributed by atoms with van der Waals surface area (Å²) in [4.78, 5) is 27.5. The standard InChI is InChI=1S/C24H30N2O2/c1-15(2)19-10-8-11-20(16(3)4)24(19)25-22(27)14-23(28)26-17(5)13-18-9-6-7-12-21(18)26/h6-12,15-17H,13-14H2,1-5H3,(H,25,27). The smallest absolute Gasteiger partial charge is 0.236 e. The van der Waals surface area contributed by atoms with Crippen LogP contribution in [0.1, 0.15) is 69.6 Å². The van der Waals surface area contributed by atoms with E-state index in [1.165, 1.54) is 0 Å². The summed E-state index contributed by atoms with van der Waals surface area (Å²) < 4.78 is 0. The summed E-state index contributed by atoms with van der Waals surface area (Å²) in [6.07, 6.45) is 0.680. The van der Waals surface area contributed by atoms with Crippen LogP contribution in [0.5, 0.6) is 0 Å². The molecule has 28 heavy (non-hydrogen) atoms. The molecule has 0 saturated heterocycles. The molecule has 4 nitrogen and oxygen atoms in total. The topological polar surface area (TPSA) is 49.4 Å². The average molecular weight is 379 g/mol. The number of hydrogen-bond acceptors (Lipinski definition) is 2. The zero-order chi connectivity index (χ0) is 20.4. The molecule has 1 heterocycles. The van der Waals surface area contributed by atoms with Crippen LogP contribution < -0.4 is 10.2 Å². The molecule has 1 aliphatic rings. The lowest BCUT2D eigenvalue weighted by atomic mass is 9.92. The van der Waals surface area contributed by atoms with Crippen LogP contribution >= 0.6 is 0 Å². The number of nitrogens with zero attached hydrogens (tertiary/aromatic N) is 1. The quantitative estimate of drug-likeness (QED) is 0.723. The molecule has 0 fully saturated rings. The molecule has 3 rings (SSSR count). The fourth-order valence-corrected chi connectivity index (χ4v) is 4.05. The summed E-state index contributed by atoms with van der Waals surface area (Å²) in [6, 6.07) is 14.1. The van der Waals surface area contributed by atoms with E-state index >= 15 is 0 Å². The number of carbonyl (C=O) groups is 2. The molecule has 1 N–H and O–H groups in total. The molecule has 1 unspecified atom stereocenters. The van der Waals surface area contributed by atoms with Crippen molar-refractivity contribution in [1.29, 1.82) is 0 Å². The monoisotopic (exact) mass is 378 g/mol. The molecule has 1 aliphatic heterocycles. The first-order valence-electron chi connectivity index (χ1n) is 10.1. The van der Waals surface area contributed by atoms with Crippen molar-refractivity contribution in [2.24, 2.45) is 0 Å². The van der Waals surface area contributed by atoms with Gasteiger partial charge in [-0.3, -0.25) is 9.59 Å². The number of amides is 2. The van der Waals surface area contributed by atoms with E-state index in [-0.39, 0.29) is 36.1 Å². The summed E-state index contributed by atoms with van der Waals surface area (Å²) in [7, 11) is 0. The van der Waals surface area contributed by atoms with Gasteiger partial charge in [0.1, 0.15) is 6.42 Å². The third-order valence-electron chi connectivity index (χ3n) is 5.43. The number of anilines is 2. The first kappa shape index (κ1) is 20.1. The second-order valence-corrected chi connectivity index (χ2v) is 8.29. The maximum Gasteiger partial charge on any atom is 0.236 e. The Kier molecular flexibility index (Phi) is 5.87. The van der Waals surface area contributed by atoms with E-state index in [9.17, 15) is 9.59 Å². The highest BCUT2D eigenvalue weighted by Gasteiger charge is 2.31. The Morgan fingerprint density at radius 2 is 1.61 bits per heavy atom. The van der Waals surface area contributed by atoms with E-state index in [4.69, 9.17) is 0 Å². The van der Waals surface area contributed by atoms with Crippen LogP contribution in [-0.2, 0) is 16.0 Å². The molecule has 0 radical (unpaired) electrons. The van der Waals surface area contributed by atoms with Gasteiger partial charge in [-0.15, -0.1) is 0 Å². The maximum absolute atomic E-state index is 12.9. The predicted molar refractivity (Wildman–Crippen MR) is 115 cm³/mol. The van der Waals surface area contributed by atoms with E-state index in [1.807, 2.05) is 49.4 Å². The van der Waals surface area contributed by atoms with E-state index in [0.717, 1.165) is 34.5 Å². The van der Waals surface area contributed by atoms with Gasteiger partial charge in [-0.1, -0.05) is 64.1 Å². The zero-order valence-electron chi connectivity index (χ0n) is 17.5. The summed E-state index contributed by atoms with van der Waals surface area (Å²) >= 11 is 0. The minimum absolute atomic E-state index is 0.0758. The molecule has 0 aromatic heterocycles. The van der Waals surface area contributed by atoms with Crippen LogP contribution in [0.3, 0.4) is 0 Å². The molecule has 2 aromatic rings. The lowest BCUT2D eigenvalue weighted by molar-refractivity contribution is -0.125. The highest BCUT2D eigenvalue weighted by molar-refractivity contribution is 6.10. The van der Waals surface area contributed by atoms with Gasteiger partial charge in [0.15, 0.2) is 0 Å². The van der Waals surface area contributed by atoms with E-state index in [1.54, 1.807) is 4.90 Å². The van der Waals surface area contributed by atoms with Crippen molar-refractivity contribution in [3.63, 3.8) is 0 Å². The van der Waals surface area contributed by atoms with Crippen molar-refractivity contribution < 1.29 is 9.59 Å². The molecule has 4 heteroatoms. The average Bonchev–Trinajstić information content (AvgIpc) is 2.97. The van der Waals surface area contributed by atoms with Gasteiger partial charge in [0.05, 0.1) is 0 Å². The van der Waals surface area contributed by atoms with Crippen molar-refractivity contribution in [2.45, 2.75) is 65.3 Å². The third-order valence-corrected chi connectivity index (χ3v) is 5.43. The third kappa shape index (κ3) is 3.96. The highest BCUT2D eigenvalue weighted by atomic mass is 16.2. The van der Waals surface area contributed by atoms with E-state index in [0.29, 0.717) is 0 Å². The molecular weight excluding hydrogens is 348 g/mol. The Morgan fingerprint density at radius 3 is 2.21 bits per heavy atom. The normalized spacial score (nSPS) is 15.8. The molecule has 2 amide bonds. The van der Waals surface area contributed by atoms with Crippen molar-refractivity contribution in [2.75, 3.05) is 10.2 Å². The van der Waals surface area contributed by atoms with Crippen LogP contribution in [0.25, 0.3) is 0 Å². The van der Waals surface area contributed by atoms with Crippen LogP contribution in [0.4, 0.5) is 11.4 Å². The Hall–Kier alpha value is -2.62. The number of para-hydroxylation sites is 2. The molecule has 0 bridgehead atoms. The first-order chi connectivity index (χ1) is 13.3. The van der Waals surface area contributed by atoms with Crippen molar-refractivity contribution >= 4 is 23.2 Å². The first-order valence-corrected chi connectivity index (χ1v) is 10.1. The molecule has 1 atom stereocenters. The van der Waals surface area contributed by atoms with Crippen LogP contribution in [0, 0.1) is 0 Å². The van der Waals surface area contributed by atoms with Gasteiger partial charge in [-0.2, -0.15) is 0 Å². The van der Waals surface area contributed by atoms with E-state index in [2.05, 4.69) is 33.0 Å². The fraction of sp³-hybridized carbons (Fsp3) is 0.417. The lowest BCUT2D eigenvalue weighted by Gasteiger charge is -2.23. The van der Waals surface area contributed by atoms with Crippen molar-refractivity contribution in [3.05, 3.63) is 59.2 Å². The van der Waals surface area contributed by atoms with Gasteiger partial charge < -0.3 is 10.2 Å². The summed E-state index contributed by atoms with van der Waals surface area (Å²) in [6.45, 7) is 10.5. The fourth-order valence-electron chi connectivity index (χ4n) is 4.05. The minimum atomic E-state index is -0.253. The van der Waals surface area contributed by atoms with Gasteiger partial charge in [-0.05, 0) is 47.9 Å². The number of benzene rings is 2. The summed E-state index contributed by atoms with van der Waals surface area (Å²) in [5.74, 6) is 0.171. The number of rotatable bonds is 5. The van der Waals surface area contributed by atoms with Gasteiger partial charge in [-0.25, -0.2) is 0 Å². The molecular formula is C24H30N2O2. The second-order valence-electron chi connectivity index (χ2n) is 8.29. The second kappa shape index (κ2) is 8.17. The molecule has 0 spiro atoms. The molecule has 0 aliphatic carbocycles. The SMILES string of the molecule is CC(C)c1cccc(C(C)C)c1NC(=O)CC(=O)N1c2ccccc2CC1C. The lowest BCUT2D eigenvalue weighted by Crippen LogP contribution is -2.37. The Balaban J connectivity index is 1.79. The Labute approximate surface area is 167 Å². The molecule has 0 saturated carbocycles. The Morgan fingerprint density at radius 1 is 1.00 bits per heavy atom. The largest absolute Gasteiger partial charge is 0.325 e. The maximum atomic E-state index is 12.9. The van der Waals surface area contributed by atoms with Gasteiger partial charge >= 0.3 is 0 Å². The highest BCUT2D eigenvalue weighted by Crippen LogP contribution is 2.34. The van der Waals surface area contributed by atoms with Crippen molar-refractivity contribution in [1.82, 2.24) is 0 Å². The molecule has 2 aromatic carbocycles. The zero-order valence-corrected chi connectivity index (χ0v) is 17.5. The predicted octanol–water partition coefficient (Wildman–Crippen LogP) is 5.24. The number of nitrogens with one attached hydrogen (secondary N) is 1. The number of carbonyl (C=O) groups excluding carboxylic acids is 2. The summed E-state index contributed by atoms with van der Waals surface area (Å²) in [5.41, 5.74) is 5.16. The number of fused-ring (bicyclic) bond motifs is 1. The van der Waals surface area contributed by atoms with Gasteiger partial charge in [0, 0.05) is 17.4 Å². The molecule has 148 valence electrons. The Bertz CT molecular complexity index is 860. The van der Waals surface area contributed by atoms with Gasteiger partial charge in [0.2, 0.25) is 11.8 Å².